The fourth-order valence-corrected chi connectivity index (χ4v) is 2.18. The molecule has 0 radical (unpaired) electrons. The molecule has 0 aromatic heterocycles. The molecular weight excluding hydrogens is 318 g/mol. The molecule has 1 N–H and O–H groups in total. The zero-order valence-electron chi connectivity index (χ0n) is 14.3. The largest absolute Gasteiger partial charge is 0.494 e. The number of carbonyl (C=O) groups is 2. The first-order chi connectivity index (χ1) is 12.2. The Labute approximate surface area is 147 Å². The highest BCUT2D eigenvalue weighted by Gasteiger charge is 2.10. The molecule has 25 heavy (non-hydrogen) atoms. The summed E-state index contributed by atoms with van der Waals surface area (Å²) in [5, 5.41) is 2.96. The molecule has 0 unspecified atom stereocenters. The summed E-state index contributed by atoms with van der Waals surface area (Å²) in [6.07, 6.45) is 2.93. The van der Waals surface area contributed by atoms with Gasteiger partial charge < -0.3 is 14.8 Å². The number of rotatable bonds is 8. The number of anilines is 1. The van der Waals surface area contributed by atoms with Gasteiger partial charge in [0.25, 0.3) is 0 Å². The molecule has 0 amide bonds. The van der Waals surface area contributed by atoms with E-state index < -0.39 is 5.97 Å². The Morgan fingerprint density at radius 1 is 1.00 bits per heavy atom. The van der Waals surface area contributed by atoms with Gasteiger partial charge in [0.2, 0.25) is 0 Å². The zero-order valence-corrected chi connectivity index (χ0v) is 14.3. The quantitative estimate of drug-likeness (QED) is 0.446. The molecule has 5 nitrogen and oxygen atoms in total. The first-order valence-corrected chi connectivity index (χ1v) is 8.12. The summed E-state index contributed by atoms with van der Waals surface area (Å²) in [5.41, 5.74) is 1.55. The molecule has 0 heterocycles. The zero-order chi connectivity index (χ0) is 18.1. The molecule has 0 aliphatic rings. The van der Waals surface area contributed by atoms with Gasteiger partial charge in [0.05, 0.1) is 24.5 Å². The Morgan fingerprint density at radius 3 is 2.40 bits per heavy atom. The number of hydrogen-bond donors (Lipinski definition) is 1. The molecule has 0 bridgehead atoms. The number of allylic oxidation sites excluding steroid dienone is 1. The second kappa shape index (κ2) is 9.27. The highest BCUT2D eigenvalue weighted by atomic mass is 16.5. The van der Waals surface area contributed by atoms with Crippen LogP contribution in [-0.4, -0.2) is 25.0 Å². The molecule has 0 saturated heterocycles. The van der Waals surface area contributed by atoms with Gasteiger partial charge >= 0.3 is 5.97 Å². The van der Waals surface area contributed by atoms with Crippen LogP contribution < -0.4 is 10.1 Å². The maximum Gasteiger partial charge on any atom is 0.340 e. The minimum Gasteiger partial charge on any atom is -0.494 e. The number of benzene rings is 2. The molecule has 0 spiro atoms. The summed E-state index contributed by atoms with van der Waals surface area (Å²) in [7, 11) is 0. The monoisotopic (exact) mass is 339 g/mol. The van der Waals surface area contributed by atoms with Crippen LogP contribution in [0.3, 0.4) is 0 Å². The van der Waals surface area contributed by atoms with E-state index in [4.69, 9.17) is 9.47 Å². The lowest BCUT2D eigenvalue weighted by Gasteiger charge is -2.08. The fourth-order valence-electron chi connectivity index (χ4n) is 2.18. The van der Waals surface area contributed by atoms with Gasteiger partial charge in [-0.1, -0.05) is 12.1 Å². The number of carbonyl (C=O) groups excluding carboxylic acids is 2. The normalized spacial score (nSPS) is 10.5. The van der Waals surface area contributed by atoms with E-state index in [0.29, 0.717) is 30.0 Å². The molecular formula is C20H21NO4. The highest BCUT2D eigenvalue weighted by Crippen LogP contribution is 2.17. The van der Waals surface area contributed by atoms with Crippen molar-refractivity contribution in [3.8, 4) is 5.75 Å². The first-order valence-electron chi connectivity index (χ1n) is 8.12. The Morgan fingerprint density at radius 2 is 1.72 bits per heavy atom. The SMILES string of the molecule is CCOC(=O)c1ccccc1NC=CC(=O)c1ccc(OCC)cc1. The highest BCUT2D eigenvalue weighted by molar-refractivity contribution is 6.04. The van der Waals surface area contributed by atoms with Crippen LogP contribution in [0.5, 0.6) is 5.75 Å². The van der Waals surface area contributed by atoms with E-state index in [2.05, 4.69) is 5.32 Å². The van der Waals surface area contributed by atoms with Crippen molar-refractivity contribution < 1.29 is 19.1 Å². The van der Waals surface area contributed by atoms with Crippen molar-refractivity contribution in [3.05, 3.63) is 71.9 Å². The van der Waals surface area contributed by atoms with E-state index in [1.54, 1.807) is 55.5 Å². The van der Waals surface area contributed by atoms with Crippen molar-refractivity contribution in [1.29, 1.82) is 0 Å². The number of esters is 1. The van der Waals surface area contributed by atoms with E-state index in [-0.39, 0.29) is 5.78 Å². The molecule has 0 aliphatic carbocycles. The lowest BCUT2D eigenvalue weighted by molar-refractivity contribution is 0.0527. The average Bonchev–Trinajstić information content (AvgIpc) is 2.63. The smallest absolute Gasteiger partial charge is 0.340 e. The number of nitrogens with one attached hydrogen (secondary N) is 1. The summed E-state index contributed by atoms with van der Waals surface area (Å²) >= 11 is 0. The summed E-state index contributed by atoms with van der Waals surface area (Å²) < 4.78 is 10.4. The second-order valence-electron chi connectivity index (χ2n) is 5.07. The van der Waals surface area contributed by atoms with Crippen LogP contribution in [0.15, 0.2) is 60.8 Å². The Bertz CT molecular complexity index is 751. The van der Waals surface area contributed by atoms with Crippen LogP contribution in [-0.2, 0) is 4.74 Å². The minimum absolute atomic E-state index is 0.149. The third-order valence-corrected chi connectivity index (χ3v) is 3.35. The molecule has 5 heteroatoms. The topological polar surface area (TPSA) is 64.6 Å². The second-order valence-corrected chi connectivity index (χ2v) is 5.07. The van der Waals surface area contributed by atoms with E-state index in [1.165, 1.54) is 12.3 Å². The molecule has 0 fully saturated rings. The molecule has 0 aliphatic heterocycles. The van der Waals surface area contributed by atoms with Crippen molar-refractivity contribution in [2.24, 2.45) is 0 Å². The van der Waals surface area contributed by atoms with Crippen LogP contribution in [0, 0.1) is 0 Å². The van der Waals surface area contributed by atoms with Crippen LogP contribution in [0.25, 0.3) is 0 Å². The third-order valence-electron chi connectivity index (χ3n) is 3.35. The van der Waals surface area contributed by atoms with E-state index in [0.717, 1.165) is 5.75 Å². The fraction of sp³-hybridized carbons (Fsp3) is 0.200. The first kappa shape index (κ1) is 18.3. The molecule has 0 atom stereocenters. The molecule has 0 saturated carbocycles. The molecule has 2 rings (SSSR count). The summed E-state index contributed by atoms with van der Waals surface area (Å²) in [6, 6.07) is 13.9. The van der Waals surface area contributed by atoms with Gasteiger partial charge in [0.15, 0.2) is 5.78 Å². The maximum atomic E-state index is 12.2. The summed E-state index contributed by atoms with van der Waals surface area (Å²) in [5.74, 6) is 0.172. The number of ketones is 1. The Kier molecular flexibility index (Phi) is 6.77. The van der Waals surface area contributed by atoms with Gasteiger partial charge in [-0.3, -0.25) is 4.79 Å². The third kappa shape index (κ3) is 5.21. The van der Waals surface area contributed by atoms with Crippen molar-refractivity contribution in [1.82, 2.24) is 0 Å². The van der Waals surface area contributed by atoms with Gasteiger partial charge in [0, 0.05) is 17.8 Å². The summed E-state index contributed by atoms with van der Waals surface area (Å²) in [6.45, 7) is 4.54. The van der Waals surface area contributed by atoms with Crippen LogP contribution in [0.4, 0.5) is 5.69 Å². The van der Waals surface area contributed by atoms with Crippen molar-refractivity contribution >= 4 is 17.4 Å². The van der Waals surface area contributed by atoms with Crippen LogP contribution in [0.1, 0.15) is 34.6 Å². The van der Waals surface area contributed by atoms with Gasteiger partial charge in [-0.2, -0.15) is 0 Å². The Balaban J connectivity index is 2.03. The standard InChI is InChI=1S/C20H21NO4/c1-3-24-16-11-9-15(10-12-16)19(22)13-14-21-18-8-6-5-7-17(18)20(23)25-4-2/h5-14,21H,3-4H2,1-2H3. The number of para-hydroxylation sites is 1. The van der Waals surface area contributed by atoms with Gasteiger partial charge in [-0.25, -0.2) is 4.79 Å². The molecule has 2 aromatic carbocycles. The Hall–Kier alpha value is -3.08. The van der Waals surface area contributed by atoms with Crippen molar-refractivity contribution in [3.63, 3.8) is 0 Å². The molecule has 130 valence electrons. The summed E-state index contributed by atoms with van der Waals surface area (Å²) in [4.78, 5) is 24.1. The lowest BCUT2D eigenvalue weighted by Crippen LogP contribution is -2.07. The van der Waals surface area contributed by atoms with Gasteiger partial charge in [-0.05, 0) is 50.2 Å². The predicted octanol–water partition coefficient (Wildman–Crippen LogP) is 4.07. The minimum atomic E-state index is -0.406. The number of ether oxygens (including phenoxy) is 2. The van der Waals surface area contributed by atoms with Gasteiger partial charge in [0.1, 0.15) is 5.75 Å². The van der Waals surface area contributed by atoms with Crippen molar-refractivity contribution in [2.75, 3.05) is 18.5 Å². The maximum absolute atomic E-state index is 12.2. The lowest BCUT2D eigenvalue weighted by atomic mass is 10.1. The van der Waals surface area contributed by atoms with E-state index in [9.17, 15) is 9.59 Å². The number of hydrogen-bond acceptors (Lipinski definition) is 5. The van der Waals surface area contributed by atoms with Crippen LogP contribution >= 0.6 is 0 Å². The predicted molar refractivity (Wildman–Crippen MR) is 97.1 cm³/mol. The molecule has 2 aromatic rings. The van der Waals surface area contributed by atoms with E-state index in [1.807, 2.05) is 6.92 Å². The van der Waals surface area contributed by atoms with Crippen LogP contribution in [0.2, 0.25) is 0 Å². The van der Waals surface area contributed by atoms with Gasteiger partial charge in [-0.15, -0.1) is 0 Å². The average molecular weight is 339 g/mol. The van der Waals surface area contributed by atoms with Crippen molar-refractivity contribution in [2.45, 2.75) is 13.8 Å². The van der Waals surface area contributed by atoms with E-state index >= 15 is 0 Å².